The molecule has 176 valence electrons. The van der Waals surface area contributed by atoms with E-state index in [2.05, 4.69) is 17.0 Å². The molecular weight excluding hydrogens is 444 g/mol. The lowest BCUT2D eigenvalue weighted by Gasteiger charge is -2.45. The zero-order valence-corrected chi connectivity index (χ0v) is 20.0. The lowest BCUT2D eigenvalue weighted by molar-refractivity contribution is -0.123. The first-order valence-corrected chi connectivity index (χ1v) is 12.9. The quantitative estimate of drug-likeness (QED) is 0.482. The number of carboxylic acids is 1. The lowest BCUT2D eigenvalue weighted by Crippen LogP contribution is -2.59. The number of carbonyl (C=O) groups is 2. The Morgan fingerprint density at radius 3 is 2.32 bits per heavy atom. The van der Waals surface area contributed by atoms with Crippen molar-refractivity contribution in [3.8, 4) is 10.4 Å². The number of piperazine rings is 1. The van der Waals surface area contributed by atoms with Crippen LogP contribution in [0.15, 0.2) is 66.7 Å². The molecule has 2 fully saturated rings. The number of aromatic carboxylic acids is 1. The Balaban J connectivity index is 1.50. The third kappa shape index (κ3) is 4.79. The predicted molar refractivity (Wildman–Crippen MR) is 136 cm³/mol. The van der Waals surface area contributed by atoms with E-state index in [1.165, 1.54) is 36.2 Å². The molecule has 1 atom stereocenters. The van der Waals surface area contributed by atoms with Crippen LogP contribution in [-0.2, 0) is 11.3 Å². The first-order chi connectivity index (χ1) is 16.6. The summed E-state index contributed by atoms with van der Waals surface area (Å²) in [7, 11) is 0. The van der Waals surface area contributed by atoms with Gasteiger partial charge in [0, 0.05) is 18.0 Å². The van der Waals surface area contributed by atoms with Crippen LogP contribution in [0.5, 0.6) is 0 Å². The monoisotopic (exact) mass is 474 g/mol. The van der Waals surface area contributed by atoms with Crippen LogP contribution in [0.3, 0.4) is 0 Å². The predicted octanol–water partition coefficient (Wildman–Crippen LogP) is 5.91. The van der Waals surface area contributed by atoms with Crippen molar-refractivity contribution >= 4 is 28.9 Å². The molecule has 2 aromatic carbocycles. The highest BCUT2D eigenvalue weighted by molar-refractivity contribution is 7.18. The molecule has 1 aliphatic carbocycles. The summed E-state index contributed by atoms with van der Waals surface area (Å²) in [6, 6.07) is 22.0. The van der Waals surface area contributed by atoms with Crippen LogP contribution in [0.25, 0.3) is 10.4 Å². The Morgan fingerprint density at radius 1 is 0.971 bits per heavy atom. The molecule has 2 aliphatic rings. The van der Waals surface area contributed by atoms with Gasteiger partial charge in [-0.3, -0.25) is 9.69 Å². The third-order valence-corrected chi connectivity index (χ3v) is 8.23. The van der Waals surface area contributed by atoms with Gasteiger partial charge in [-0.25, -0.2) is 4.79 Å². The van der Waals surface area contributed by atoms with Crippen molar-refractivity contribution in [2.45, 2.75) is 44.7 Å². The molecule has 6 heteroatoms. The van der Waals surface area contributed by atoms with Gasteiger partial charge < -0.3 is 10.0 Å². The molecule has 0 spiro atoms. The van der Waals surface area contributed by atoms with Crippen molar-refractivity contribution in [2.24, 2.45) is 5.92 Å². The van der Waals surface area contributed by atoms with Gasteiger partial charge in [0.1, 0.15) is 4.88 Å². The Morgan fingerprint density at radius 2 is 1.65 bits per heavy atom. The maximum atomic E-state index is 13.7. The van der Waals surface area contributed by atoms with Crippen molar-refractivity contribution in [3.63, 3.8) is 0 Å². The van der Waals surface area contributed by atoms with Crippen LogP contribution in [0, 0.1) is 5.92 Å². The van der Waals surface area contributed by atoms with Crippen molar-refractivity contribution < 1.29 is 14.7 Å². The fourth-order valence-electron chi connectivity index (χ4n) is 5.48. The summed E-state index contributed by atoms with van der Waals surface area (Å²) >= 11 is 1.26. The highest BCUT2D eigenvalue weighted by Crippen LogP contribution is 2.41. The van der Waals surface area contributed by atoms with Gasteiger partial charge in [-0.05, 0) is 36.0 Å². The van der Waals surface area contributed by atoms with Gasteiger partial charge in [-0.15, -0.1) is 11.3 Å². The molecule has 1 aromatic heterocycles. The summed E-state index contributed by atoms with van der Waals surface area (Å²) < 4.78 is 0. The van der Waals surface area contributed by atoms with E-state index in [-0.39, 0.29) is 16.8 Å². The van der Waals surface area contributed by atoms with Gasteiger partial charge in [0.25, 0.3) is 0 Å². The van der Waals surface area contributed by atoms with Crippen molar-refractivity contribution in [1.82, 2.24) is 4.90 Å². The highest BCUT2D eigenvalue weighted by Gasteiger charge is 2.40. The second kappa shape index (κ2) is 10.1. The molecule has 1 saturated carbocycles. The number of rotatable bonds is 6. The number of hydrogen-bond donors (Lipinski definition) is 1. The van der Waals surface area contributed by atoms with E-state index >= 15 is 0 Å². The molecule has 3 aromatic rings. The minimum absolute atomic E-state index is 0.00216. The van der Waals surface area contributed by atoms with Gasteiger partial charge in [0.2, 0.25) is 5.91 Å². The summed E-state index contributed by atoms with van der Waals surface area (Å²) in [5.41, 5.74) is 2.74. The lowest BCUT2D eigenvalue weighted by atomic mass is 9.82. The molecular formula is C28H30N2O3S. The van der Waals surface area contributed by atoms with Crippen LogP contribution in [0.4, 0.5) is 5.69 Å². The Kier molecular flexibility index (Phi) is 6.79. The van der Waals surface area contributed by atoms with E-state index in [4.69, 9.17) is 0 Å². The fourth-order valence-corrected chi connectivity index (χ4v) is 6.47. The van der Waals surface area contributed by atoms with Crippen molar-refractivity contribution in [3.05, 3.63) is 77.2 Å². The average molecular weight is 475 g/mol. The molecule has 1 aliphatic heterocycles. The van der Waals surface area contributed by atoms with Crippen LogP contribution < -0.4 is 4.90 Å². The van der Waals surface area contributed by atoms with E-state index < -0.39 is 5.97 Å². The van der Waals surface area contributed by atoms with Crippen molar-refractivity contribution in [2.75, 3.05) is 18.0 Å². The van der Waals surface area contributed by atoms with Gasteiger partial charge in [0.05, 0.1) is 18.3 Å². The zero-order valence-electron chi connectivity index (χ0n) is 19.2. The van der Waals surface area contributed by atoms with E-state index in [0.29, 0.717) is 18.2 Å². The third-order valence-electron chi connectivity index (χ3n) is 7.07. The molecule has 34 heavy (non-hydrogen) atoms. The molecule has 0 bridgehead atoms. The van der Waals surface area contributed by atoms with Crippen molar-refractivity contribution in [1.29, 1.82) is 0 Å². The number of carboxylic acid groups (broad SMARTS) is 1. The maximum Gasteiger partial charge on any atom is 0.348 e. The number of anilines is 1. The van der Waals surface area contributed by atoms with E-state index in [1.54, 1.807) is 0 Å². The van der Waals surface area contributed by atoms with E-state index in [0.717, 1.165) is 36.4 Å². The minimum Gasteiger partial charge on any atom is -0.477 e. The van der Waals surface area contributed by atoms with Crippen LogP contribution in [0.1, 0.15) is 47.3 Å². The summed E-state index contributed by atoms with van der Waals surface area (Å²) in [6.07, 6.45) is 5.76. The summed E-state index contributed by atoms with van der Waals surface area (Å²) in [6.45, 7) is 1.79. The van der Waals surface area contributed by atoms with Gasteiger partial charge in [0.15, 0.2) is 0 Å². The molecule has 1 N–H and O–H groups in total. The Hall–Kier alpha value is -2.96. The first-order valence-electron chi connectivity index (χ1n) is 12.1. The number of benzene rings is 2. The topological polar surface area (TPSA) is 60.9 Å². The number of amides is 1. The SMILES string of the molecule is O=C(O)c1sc(-c2ccccc2)cc1N1C(=O)CN(Cc2ccccc2)CC1C1CCCCC1. The largest absolute Gasteiger partial charge is 0.477 e. The summed E-state index contributed by atoms with van der Waals surface area (Å²) in [4.78, 5) is 31.2. The van der Waals surface area contributed by atoms with Gasteiger partial charge in [-0.2, -0.15) is 0 Å². The minimum atomic E-state index is -0.968. The van der Waals surface area contributed by atoms with E-state index in [1.807, 2.05) is 59.5 Å². The highest BCUT2D eigenvalue weighted by atomic mass is 32.1. The smallest absolute Gasteiger partial charge is 0.348 e. The average Bonchev–Trinajstić information content (AvgIpc) is 3.31. The molecule has 1 unspecified atom stereocenters. The molecule has 1 amide bonds. The second-order valence-corrected chi connectivity index (χ2v) is 10.4. The van der Waals surface area contributed by atoms with Crippen LogP contribution in [-0.4, -0.2) is 41.0 Å². The van der Waals surface area contributed by atoms with Gasteiger partial charge in [-0.1, -0.05) is 79.9 Å². The van der Waals surface area contributed by atoms with E-state index in [9.17, 15) is 14.7 Å². The Bertz CT molecular complexity index is 1140. The van der Waals surface area contributed by atoms with Crippen LogP contribution in [0.2, 0.25) is 0 Å². The normalized spacial score (nSPS) is 19.9. The molecule has 0 radical (unpaired) electrons. The standard InChI is InChI=1S/C28H30N2O3S/c31-26-19-29(17-20-10-4-1-5-11-20)18-24(21-12-6-2-7-13-21)30(26)23-16-25(34-27(23)28(32)33)22-14-8-3-9-15-22/h1,3-5,8-11,14-16,21,24H,2,6-7,12-13,17-19H2,(H,32,33). The molecule has 2 heterocycles. The summed E-state index contributed by atoms with van der Waals surface area (Å²) in [5, 5.41) is 10.0. The van der Waals surface area contributed by atoms with Crippen LogP contribution >= 0.6 is 11.3 Å². The number of nitrogens with zero attached hydrogens (tertiary/aromatic N) is 2. The summed E-state index contributed by atoms with van der Waals surface area (Å²) in [5.74, 6) is -0.584. The number of carbonyl (C=O) groups excluding carboxylic acids is 1. The molecule has 5 nitrogen and oxygen atoms in total. The number of hydrogen-bond acceptors (Lipinski definition) is 4. The molecule has 1 saturated heterocycles. The fraction of sp³-hybridized carbons (Fsp3) is 0.357. The Labute approximate surface area is 204 Å². The second-order valence-electron chi connectivity index (χ2n) is 9.38. The molecule has 5 rings (SSSR count). The maximum absolute atomic E-state index is 13.7. The number of thiophene rings is 1. The first kappa shape index (κ1) is 22.8. The van der Waals surface area contributed by atoms with Gasteiger partial charge >= 0.3 is 5.97 Å². The zero-order chi connectivity index (χ0) is 23.5.